The van der Waals surface area contributed by atoms with Crippen LogP contribution in [0, 0.1) is 0 Å². The Bertz CT molecular complexity index is 78.9. The highest BCUT2D eigenvalue weighted by molar-refractivity contribution is 4.81. The molecule has 11 heavy (non-hydrogen) atoms. The summed E-state index contributed by atoms with van der Waals surface area (Å²) < 4.78 is 0. The molecule has 68 valence electrons. The Morgan fingerprint density at radius 3 is 1.64 bits per heavy atom. The minimum absolute atomic E-state index is 0.179. The molecule has 1 rings (SSSR count). The summed E-state index contributed by atoms with van der Waals surface area (Å²) in [6, 6.07) is 0. The minimum Gasteiger partial charge on any atom is -0.325 e. The molecule has 0 saturated heterocycles. The molecule has 0 bridgehead atoms. The lowest BCUT2D eigenvalue weighted by atomic mass is 9.84. The van der Waals surface area contributed by atoms with E-state index in [0.717, 1.165) is 0 Å². The van der Waals surface area contributed by atoms with Crippen molar-refractivity contribution in [2.24, 2.45) is 5.73 Å². The summed E-state index contributed by atoms with van der Waals surface area (Å²) in [6.45, 7) is 6.41. The van der Waals surface area contributed by atoms with Gasteiger partial charge in [-0.05, 0) is 19.8 Å². The van der Waals surface area contributed by atoms with E-state index in [1.54, 1.807) is 0 Å². The van der Waals surface area contributed by atoms with Crippen molar-refractivity contribution in [1.82, 2.24) is 0 Å². The molecule has 1 nitrogen and oxygen atoms in total. The molecule has 1 fully saturated rings. The minimum atomic E-state index is 0.179. The number of hydrogen-bond acceptors (Lipinski definition) is 1. The molecular weight excluding hydrogens is 134 g/mol. The van der Waals surface area contributed by atoms with Crippen molar-refractivity contribution >= 4 is 0 Å². The average molecular weight is 157 g/mol. The number of hydrogen-bond donors (Lipinski definition) is 1. The lowest BCUT2D eigenvalue weighted by molar-refractivity contribution is 0.322. The van der Waals surface area contributed by atoms with Crippen molar-refractivity contribution in [3.05, 3.63) is 0 Å². The van der Waals surface area contributed by atoms with Gasteiger partial charge < -0.3 is 5.73 Å². The fourth-order valence-electron chi connectivity index (χ4n) is 1.36. The highest BCUT2D eigenvalue weighted by Crippen LogP contribution is 2.24. The predicted octanol–water partition coefficient (Wildman–Crippen LogP) is 3.08. The summed E-state index contributed by atoms with van der Waals surface area (Å²) in [6.07, 6.45) is 7.78. The molecule has 1 aliphatic rings. The Hall–Kier alpha value is -0.0400. The van der Waals surface area contributed by atoms with Gasteiger partial charge in [0.15, 0.2) is 0 Å². The second kappa shape index (κ2) is 5.59. The van der Waals surface area contributed by atoms with Gasteiger partial charge in [0, 0.05) is 5.54 Å². The van der Waals surface area contributed by atoms with Crippen molar-refractivity contribution in [3.8, 4) is 0 Å². The molecule has 0 amide bonds. The topological polar surface area (TPSA) is 26.0 Å². The molecule has 0 aromatic heterocycles. The Morgan fingerprint density at radius 2 is 1.45 bits per heavy atom. The van der Waals surface area contributed by atoms with E-state index in [4.69, 9.17) is 5.73 Å². The first-order chi connectivity index (χ1) is 5.12. The maximum Gasteiger partial charge on any atom is 0.0125 e. The maximum atomic E-state index is 5.88. The first kappa shape index (κ1) is 11.0. The lowest BCUT2D eigenvalue weighted by Crippen LogP contribution is -2.37. The molecule has 0 aromatic rings. The molecule has 0 heterocycles. The van der Waals surface area contributed by atoms with Crippen LogP contribution in [0.25, 0.3) is 0 Å². The van der Waals surface area contributed by atoms with Crippen LogP contribution in [0.2, 0.25) is 0 Å². The van der Waals surface area contributed by atoms with E-state index in [1.165, 1.54) is 38.5 Å². The van der Waals surface area contributed by atoms with Crippen LogP contribution in [-0.2, 0) is 0 Å². The zero-order valence-electron chi connectivity index (χ0n) is 8.32. The van der Waals surface area contributed by atoms with Gasteiger partial charge in [-0.3, -0.25) is 0 Å². The third-order valence-corrected chi connectivity index (χ3v) is 2.00. The van der Waals surface area contributed by atoms with Crippen LogP contribution in [0.1, 0.15) is 59.3 Å². The van der Waals surface area contributed by atoms with Crippen molar-refractivity contribution in [1.29, 1.82) is 0 Å². The molecule has 0 atom stereocenters. The van der Waals surface area contributed by atoms with Gasteiger partial charge in [0.2, 0.25) is 0 Å². The van der Waals surface area contributed by atoms with Gasteiger partial charge in [-0.2, -0.15) is 0 Å². The Balaban J connectivity index is 0.000000292. The first-order valence-corrected chi connectivity index (χ1v) is 4.91. The second-order valence-corrected chi connectivity index (χ2v) is 3.92. The van der Waals surface area contributed by atoms with Gasteiger partial charge in [-0.25, -0.2) is 0 Å². The summed E-state index contributed by atoms with van der Waals surface area (Å²) >= 11 is 0. The van der Waals surface area contributed by atoms with Crippen LogP contribution < -0.4 is 5.73 Å². The molecule has 0 aliphatic heterocycles. The summed E-state index contributed by atoms with van der Waals surface area (Å²) in [5, 5.41) is 0. The predicted molar refractivity (Wildman–Crippen MR) is 51.6 cm³/mol. The normalized spacial score (nSPS) is 21.8. The van der Waals surface area contributed by atoms with E-state index < -0.39 is 0 Å². The smallest absolute Gasteiger partial charge is 0.0125 e. The molecule has 0 radical (unpaired) electrons. The largest absolute Gasteiger partial charge is 0.325 e. The highest BCUT2D eigenvalue weighted by atomic mass is 14.7. The highest BCUT2D eigenvalue weighted by Gasteiger charge is 2.20. The van der Waals surface area contributed by atoms with Gasteiger partial charge in [0.1, 0.15) is 0 Å². The molecule has 0 unspecified atom stereocenters. The Labute approximate surface area is 71.4 Å². The average Bonchev–Trinajstić information content (AvgIpc) is 1.88. The Morgan fingerprint density at radius 1 is 1.09 bits per heavy atom. The van der Waals surface area contributed by atoms with Crippen molar-refractivity contribution in [2.75, 3.05) is 0 Å². The maximum absolute atomic E-state index is 5.88. The van der Waals surface area contributed by atoms with E-state index in [0.29, 0.717) is 0 Å². The van der Waals surface area contributed by atoms with Gasteiger partial charge >= 0.3 is 0 Å². The molecule has 1 heteroatoms. The molecular formula is C10H23N. The summed E-state index contributed by atoms with van der Waals surface area (Å²) in [5.74, 6) is 0. The molecule has 1 aliphatic carbocycles. The zero-order valence-corrected chi connectivity index (χ0v) is 8.32. The molecule has 1 saturated carbocycles. The van der Waals surface area contributed by atoms with E-state index in [1.807, 2.05) is 0 Å². The van der Waals surface area contributed by atoms with Gasteiger partial charge in [-0.1, -0.05) is 39.5 Å². The SMILES string of the molecule is CC1(N)CCCCC1.CCC. The van der Waals surface area contributed by atoms with Crippen LogP contribution in [0.3, 0.4) is 0 Å². The summed E-state index contributed by atoms with van der Waals surface area (Å²) in [7, 11) is 0. The van der Waals surface area contributed by atoms with Gasteiger partial charge in [0.25, 0.3) is 0 Å². The van der Waals surface area contributed by atoms with E-state index in [-0.39, 0.29) is 5.54 Å². The van der Waals surface area contributed by atoms with Crippen LogP contribution in [0.5, 0.6) is 0 Å². The lowest BCUT2D eigenvalue weighted by Gasteiger charge is -2.28. The van der Waals surface area contributed by atoms with E-state index in [9.17, 15) is 0 Å². The molecule has 0 aromatic carbocycles. The first-order valence-electron chi connectivity index (χ1n) is 4.91. The van der Waals surface area contributed by atoms with Crippen LogP contribution in [-0.4, -0.2) is 5.54 Å². The zero-order chi connectivity index (χ0) is 8.74. The van der Waals surface area contributed by atoms with Gasteiger partial charge in [0.05, 0.1) is 0 Å². The second-order valence-electron chi connectivity index (χ2n) is 3.92. The van der Waals surface area contributed by atoms with Crippen molar-refractivity contribution < 1.29 is 0 Å². The number of rotatable bonds is 0. The third kappa shape index (κ3) is 6.36. The fourth-order valence-corrected chi connectivity index (χ4v) is 1.36. The van der Waals surface area contributed by atoms with Crippen LogP contribution in [0.4, 0.5) is 0 Å². The molecule has 2 N–H and O–H groups in total. The van der Waals surface area contributed by atoms with Crippen molar-refractivity contribution in [2.45, 2.75) is 64.8 Å². The monoisotopic (exact) mass is 157 g/mol. The molecule has 0 spiro atoms. The van der Waals surface area contributed by atoms with Crippen LogP contribution >= 0.6 is 0 Å². The Kier molecular flexibility index (Phi) is 5.57. The summed E-state index contributed by atoms with van der Waals surface area (Å²) in [5.41, 5.74) is 6.06. The van der Waals surface area contributed by atoms with E-state index >= 15 is 0 Å². The van der Waals surface area contributed by atoms with Gasteiger partial charge in [-0.15, -0.1) is 0 Å². The third-order valence-electron chi connectivity index (χ3n) is 2.00. The quantitative estimate of drug-likeness (QED) is 0.574. The van der Waals surface area contributed by atoms with Crippen molar-refractivity contribution in [3.63, 3.8) is 0 Å². The van der Waals surface area contributed by atoms with E-state index in [2.05, 4.69) is 20.8 Å². The van der Waals surface area contributed by atoms with Crippen LogP contribution in [0.15, 0.2) is 0 Å². The standard InChI is InChI=1S/C7H15N.C3H8/c1-7(8)5-3-2-4-6-7;1-3-2/h2-6,8H2,1H3;3H2,1-2H3. The summed E-state index contributed by atoms with van der Waals surface area (Å²) in [4.78, 5) is 0. The number of nitrogens with two attached hydrogens (primary N) is 1. The fraction of sp³-hybridized carbons (Fsp3) is 1.00.